The summed E-state index contributed by atoms with van der Waals surface area (Å²) in [5, 5.41) is 9.71. The Kier molecular flexibility index (Phi) is 5.18. The lowest BCUT2D eigenvalue weighted by Gasteiger charge is -2.35. The fourth-order valence-corrected chi connectivity index (χ4v) is 2.97. The highest BCUT2D eigenvalue weighted by Gasteiger charge is 2.28. The highest BCUT2D eigenvalue weighted by molar-refractivity contribution is 5.78. The van der Waals surface area contributed by atoms with Crippen molar-refractivity contribution in [3.8, 4) is 0 Å². The molecule has 1 amide bonds. The average molecular weight is 275 g/mol. The third-order valence-electron chi connectivity index (χ3n) is 4.26. The quantitative estimate of drug-likeness (QED) is 0.917. The van der Waals surface area contributed by atoms with Crippen LogP contribution in [0.1, 0.15) is 32.3 Å². The number of hydrogen-bond donors (Lipinski definition) is 1. The monoisotopic (exact) mass is 275 g/mol. The van der Waals surface area contributed by atoms with Crippen molar-refractivity contribution in [2.75, 3.05) is 13.1 Å². The topological polar surface area (TPSA) is 40.5 Å². The minimum atomic E-state index is -0.324. The molecule has 0 spiro atoms. The molecule has 1 aromatic rings. The molecule has 0 aliphatic carbocycles. The van der Waals surface area contributed by atoms with Crippen molar-refractivity contribution in [3.05, 3.63) is 35.9 Å². The second kappa shape index (κ2) is 6.89. The van der Waals surface area contributed by atoms with E-state index in [4.69, 9.17) is 0 Å². The summed E-state index contributed by atoms with van der Waals surface area (Å²) in [4.78, 5) is 14.5. The van der Waals surface area contributed by atoms with Crippen molar-refractivity contribution in [2.45, 2.75) is 39.2 Å². The van der Waals surface area contributed by atoms with Crippen LogP contribution in [0.5, 0.6) is 0 Å². The largest absolute Gasteiger partial charge is 0.393 e. The summed E-state index contributed by atoms with van der Waals surface area (Å²) in [6, 6.07) is 10.2. The van der Waals surface area contributed by atoms with Gasteiger partial charge in [0.1, 0.15) is 0 Å². The number of carbonyl (C=O) groups is 1. The molecule has 1 aliphatic heterocycles. The van der Waals surface area contributed by atoms with Crippen LogP contribution in [0.4, 0.5) is 0 Å². The van der Waals surface area contributed by atoms with Gasteiger partial charge in [0.05, 0.1) is 6.10 Å². The van der Waals surface area contributed by atoms with Gasteiger partial charge in [-0.3, -0.25) is 4.79 Å². The number of aliphatic hydroxyl groups is 1. The van der Waals surface area contributed by atoms with Gasteiger partial charge in [-0.1, -0.05) is 37.3 Å². The van der Waals surface area contributed by atoms with Gasteiger partial charge in [-0.15, -0.1) is 0 Å². The smallest absolute Gasteiger partial charge is 0.225 e. The zero-order valence-electron chi connectivity index (χ0n) is 12.5. The molecule has 3 nitrogen and oxygen atoms in total. The van der Waals surface area contributed by atoms with E-state index in [2.05, 4.69) is 12.1 Å². The van der Waals surface area contributed by atoms with E-state index < -0.39 is 0 Å². The molecule has 1 fully saturated rings. The summed E-state index contributed by atoms with van der Waals surface area (Å²) in [5.74, 6) is 0.459. The molecule has 0 saturated carbocycles. The highest BCUT2D eigenvalue weighted by atomic mass is 16.3. The molecule has 0 aromatic heterocycles. The molecule has 1 saturated heterocycles. The minimum absolute atomic E-state index is 0.00477. The van der Waals surface area contributed by atoms with Crippen molar-refractivity contribution < 1.29 is 9.90 Å². The van der Waals surface area contributed by atoms with Crippen LogP contribution in [-0.2, 0) is 11.2 Å². The number of piperidine rings is 1. The Morgan fingerprint density at radius 2 is 2.05 bits per heavy atom. The Morgan fingerprint density at radius 1 is 1.35 bits per heavy atom. The van der Waals surface area contributed by atoms with Crippen molar-refractivity contribution in [2.24, 2.45) is 11.8 Å². The van der Waals surface area contributed by atoms with Crippen LogP contribution in [0.25, 0.3) is 0 Å². The first-order chi connectivity index (χ1) is 9.58. The molecule has 1 aromatic carbocycles. The van der Waals surface area contributed by atoms with E-state index in [1.807, 2.05) is 36.9 Å². The van der Waals surface area contributed by atoms with Crippen LogP contribution < -0.4 is 0 Å². The molecule has 0 bridgehead atoms. The first-order valence-electron chi connectivity index (χ1n) is 7.58. The summed E-state index contributed by atoms with van der Waals surface area (Å²) in [6.45, 7) is 5.37. The Labute approximate surface area is 121 Å². The number of benzene rings is 1. The standard InChI is InChI=1S/C17H25NO2/c1-13(11-15-7-4-3-5-8-15)17(20)18-10-6-9-16(12-18)14(2)19/h3-5,7-8,13-14,16,19H,6,9-12H2,1-2H3. The molecular formula is C17H25NO2. The summed E-state index contributed by atoms with van der Waals surface area (Å²) in [5.41, 5.74) is 1.21. The molecule has 1 aliphatic rings. The Hall–Kier alpha value is -1.35. The Bertz CT molecular complexity index is 430. The highest BCUT2D eigenvalue weighted by Crippen LogP contribution is 2.22. The van der Waals surface area contributed by atoms with Crippen molar-refractivity contribution in [3.63, 3.8) is 0 Å². The van der Waals surface area contributed by atoms with E-state index in [0.29, 0.717) is 6.54 Å². The summed E-state index contributed by atoms with van der Waals surface area (Å²) in [7, 11) is 0. The third kappa shape index (κ3) is 3.83. The molecule has 0 radical (unpaired) electrons. The molecular weight excluding hydrogens is 250 g/mol. The van der Waals surface area contributed by atoms with Crippen LogP contribution in [0.3, 0.4) is 0 Å². The number of aliphatic hydroxyl groups excluding tert-OH is 1. The molecule has 3 unspecified atom stereocenters. The van der Waals surface area contributed by atoms with E-state index in [1.54, 1.807) is 0 Å². The van der Waals surface area contributed by atoms with Gasteiger partial charge in [0.25, 0.3) is 0 Å². The van der Waals surface area contributed by atoms with Crippen molar-refractivity contribution in [1.29, 1.82) is 0 Å². The zero-order valence-corrected chi connectivity index (χ0v) is 12.5. The number of carbonyl (C=O) groups excluding carboxylic acids is 1. The first kappa shape index (κ1) is 15.0. The van der Waals surface area contributed by atoms with Gasteiger partial charge < -0.3 is 10.0 Å². The number of nitrogens with zero attached hydrogens (tertiary/aromatic N) is 1. The molecule has 1 heterocycles. The van der Waals surface area contributed by atoms with E-state index in [-0.39, 0.29) is 23.8 Å². The van der Waals surface area contributed by atoms with Crippen molar-refractivity contribution in [1.82, 2.24) is 4.90 Å². The number of rotatable bonds is 4. The van der Waals surface area contributed by atoms with Gasteiger partial charge in [-0.2, -0.15) is 0 Å². The first-order valence-corrected chi connectivity index (χ1v) is 7.58. The lowest BCUT2D eigenvalue weighted by molar-refractivity contribution is -0.137. The van der Waals surface area contributed by atoms with Crippen LogP contribution >= 0.6 is 0 Å². The van der Waals surface area contributed by atoms with Gasteiger partial charge >= 0.3 is 0 Å². The van der Waals surface area contributed by atoms with Crippen LogP contribution in [0.2, 0.25) is 0 Å². The van der Waals surface area contributed by atoms with E-state index in [9.17, 15) is 9.90 Å². The van der Waals surface area contributed by atoms with Crippen LogP contribution in [0, 0.1) is 11.8 Å². The Morgan fingerprint density at radius 3 is 2.70 bits per heavy atom. The van der Waals surface area contributed by atoms with Gasteiger partial charge in [0.2, 0.25) is 5.91 Å². The third-order valence-corrected chi connectivity index (χ3v) is 4.26. The van der Waals surface area contributed by atoms with Crippen LogP contribution in [0.15, 0.2) is 30.3 Å². The predicted octanol–water partition coefficient (Wildman–Crippen LogP) is 2.48. The molecule has 20 heavy (non-hydrogen) atoms. The molecule has 3 atom stereocenters. The molecule has 1 N–H and O–H groups in total. The van der Waals surface area contributed by atoms with E-state index in [0.717, 1.165) is 25.8 Å². The maximum absolute atomic E-state index is 12.5. The van der Waals surface area contributed by atoms with Gasteiger partial charge in [-0.05, 0) is 31.7 Å². The molecule has 110 valence electrons. The van der Waals surface area contributed by atoms with E-state index in [1.165, 1.54) is 5.56 Å². The maximum atomic E-state index is 12.5. The lowest BCUT2D eigenvalue weighted by atomic mass is 9.92. The molecule has 2 rings (SSSR count). The number of amides is 1. The van der Waals surface area contributed by atoms with Crippen LogP contribution in [-0.4, -0.2) is 35.1 Å². The van der Waals surface area contributed by atoms with Crippen molar-refractivity contribution >= 4 is 5.91 Å². The van der Waals surface area contributed by atoms with Gasteiger partial charge in [-0.25, -0.2) is 0 Å². The summed E-state index contributed by atoms with van der Waals surface area (Å²) < 4.78 is 0. The molecule has 3 heteroatoms. The zero-order chi connectivity index (χ0) is 14.5. The minimum Gasteiger partial charge on any atom is -0.393 e. The fraction of sp³-hybridized carbons (Fsp3) is 0.588. The van der Waals surface area contributed by atoms with Gasteiger partial charge in [0.15, 0.2) is 0 Å². The van der Waals surface area contributed by atoms with Gasteiger partial charge in [0, 0.05) is 24.9 Å². The maximum Gasteiger partial charge on any atom is 0.225 e. The fourth-order valence-electron chi connectivity index (χ4n) is 2.97. The second-order valence-corrected chi connectivity index (χ2v) is 6.02. The predicted molar refractivity (Wildman–Crippen MR) is 80.3 cm³/mol. The SMILES string of the molecule is CC(Cc1ccccc1)C(=O)N1CCCC(C(C)O)C1. The van der Waals surface area contributed by atoms with E-state index >= 15 is 0 Å². The number of hydrogen-bond acceptors (Lipinski definition) is 2. The summed E-state index contributed by atoms with van der Waals surface area (Å²) >= 11 is 0. The average Bonchev–Trinajstić information content (AvgIpc) is 2.47. The Balaban J connectivity index is 1.93. The lowest BCUT2D eigenvalue weighted by Crippen LogP contribution is -2.45. The summed E-state index contributed by atoms with van der Waals surface area (Å²) in [6.07, 6.45) is 2.48. The normalized spacial score (nSPS) is 22.4. The second-order valence-electron chi connectivity index (χ2n) is 6.02. The number of likely N-dealkylation sites (tertiary alicyclic amines) is 1.